The monoisotopic (exact) mass is 280 g/mol. The van der Waals surface area contributed by atoms with E-state index in [1.54, 1.807) is 33.9 Å². The lowest BCUT2D eigenvalue weighted by atomic mass is 9.82. The Kier molecular flexibility index (Phi) is 4.59. The summed E-state index contributed by atoms with van der Waals surface area (Å²) in [6.45, 7) is 10.8. The van der Waals surface area contributed by atoms with E-state index in [9.17, 15) is 15.2 Å². The molecule has 0 unspecified atom stereocenters. The fourth-order valence-electron chi connectivity index (χ4n) is 1.85. The van der Waals surface area contributed by atoms with E-state index in [1.165, 1.54) is 12.2 Å². The zero-order valence-corrected chi connectivity index (χ0v) is 13.0. The summed E-state index contributed by atoms with van der Waals surface area (Å²) in [7, 11) is 0. The molecule has 0 amide bonds. The highest BCUT2D eigenvalue weighted by Gasteiger charge is 2.41. The van der Waals surface area contributed by atoms with E-state index in [1.807, 2.05) is 13.8 Å². The molecule has 0 aliphatic heterocycles. The van der Waals surface area contributed by atoms with Crippen LogP contribution in [0.5, 0.6) is 0 Å². The highest BCUT2D eigenvalue weighted by atomic mass is 16.5. The van der Waals surface area contributed by atoms with Crippen LogP contribution in [0.2, 0.25) is 0 Å². The van der Waals surface area contributed by atoms with E-state index in [0.717, 1.165) is 21.8 Å². The van der Waals surface area contributed by atoms with Gasteiger partial charge in [-0.2, -0.15) is 5.48 Å². The van der Waals surface area contributed by atoms with Gasteiger partial charge in [0.1, 0.15) is 0 Å². The van der Waals surface area contributed by atoms with Crippen molar-refractivity contribution in [2.75, 3.05) is 0 Å². The Morgan fingerprint density at radius 2 is 1.60 bits per heavy atom. The molecule has 0 heterocycles. The molecule has 0 radical (unpaired) electrons. The van der Waals surface area contributed by atoms with Gasteiger partial charge in [-0.15, -0.1) is 0 Å². The summed E-state index contributed by atoms with van der Waals surface area (Å²) in [6, 6.07) is 0. The summed E-state index contributed by atoms with van der Waals surface area (Å²) in [5.74, 6) is -0.0433. The van der Waals surface area contributed by atoms with Crippen LogP contribution in [0.4, 0.5) is 0 Å². The number of nitrogens with zero attached hydrogens (tertiary/aromatic N) is 1. The van der Waals surface area contributed by atoms with Crippen molar-refractivity contribution in [3.8, 4) is 0 Å². The Bertz CT molecular complexity index is 475. The van der Waals surface area contributed by atoms with Gasteiger partial charge in [0, 0.05) is 6.20 Å². The lowest BCUT2D eigenvalue weighted by Gasteiger charge is -2.45. The third-order valence-electron chi connectivity index (χ3n) is 4.20. The quantitative estimate of drug-likeness (QED) is 0.690. The van der Waals surface area contributed by atoms with Crippen molar-refractivity contribution in [3.63, 3.8) is 0 Å². The van der Waals surface area contributed by atoms with E-state index >= 15 is 0 Å². The summed E-state index contributed by atoms with van der Waals surface area (Å²) in [5.41, 5.74) is 3.12. The summed E-state index contributed by atoms with van der Waals surface area (Å²) in [5, 5.41) is 20.7. The van der Waals surface area contributed by atoms with Crippen molar-refractivity contribution in [1.29, 1.82) is 0 Å². The maximum atomic E-state index is 11.4. The highest BCUT2D eigenvalue weighted by Crippen LogP contribution is 2.30. The van der Waals surface area contributed by atoms with Crippen LogP contribution >= 0.6 is 0 Å². The first kappa shape index (κ1) is 16.6. The molecule has 0 spiro atoms. The molecule has 0 saturated carbocycles. The van der Waals surface area contributed by atoms with Gasteiger partial charge >= 0.3 is 0 Å². The molecule has 5 heteroatoms. The van der Waals surface area contributed by atoms with Gasteiger partial charge in [0.05, 0.1) is 11.1 Å². The van der Waals surface area contributed by atoms with Crippen LogP contribution in [0.1, 0.15) is 41.5 Å². The Morgan fingerprint density at radius 1 is 1.15 bits per heavy atom. The van der Waals surface area contributed by atoms with E-state index in [-0.39, 0.29) is 5.78 Å². The minimum absolute atomic E-state index is 0.0433. The Hall–Kier alpha value is -1.43. The maximum Gasteiger partial charge on any atom is 0.179 e. The molecule has 3 N–H and O–H groups in total. The molecule has 0 aromatic rings. The smallest absolute Gasteiger partial charge is 0.179 e. The zero-order chi connectivity index (χ0) is 15.7. The predicted octanol–water partition coefficient (Wildman–Crippen LogP) is 2.57. The average Bonchev–Trinajstić information content (AvgIpc) is 2.32. The summed E-state index contributed by atoms with van der Waals surface area (Å²) in [4.78, 5) is 11.4. The van der Waals surface area contributed by atoms with Gasteiger partial charge in [-0.05, 0) is 70.4 Å². The third-order valence-corrected chi connectivity index (χ3v) is 4.20. The standard InChI is InChI=1S/C15H24N2O3/c1-10-7-12(18)8-11(2)13(10)9-17(20)15(5,6)14(3,4)16-19/h7-9,16,19-20H,1-6H3. The number of hydroxylamine groups is 3. The fraction of sp³-hybridized carbons (Fsp3) is 0.533. The second-order valence-corrected chi connectivity index (χ2v) is 6.24. The van der Waals surface area contributed by atoms with Crippen molar-refractivity contribution < 1.29 is 15.2 Å². The normalized spacial score (nSPS) is 16.8. The molecule has 20 heavy (non-hydrogen) atoms. The lowest BCUT2D eigenvalue weighted by Crippen LogP contribution is -2.61. The fourth-order valence-corrected chi connectivity index (χ4v) is 1.85. The molecule has 0 fully saturated rings. The minimum Gasteiger partial charge on any atom is -0.316 e. The van der Waals surface area contributed by atoms with Crippen LogP contribution in [-0.4, -0.2) is 32.3 Å². The number of hydrogen-bond donors (Lipinski definition) is 3. The Balaban J connectivity index is 3.14. The molecule has 0 atom stereocenters. The molecule has 1 rings (SSSR count). The van der Waals surface area contributed by atoms with Crippen molar-refractivity contribution in [3.05, 3.63) is 35.1 Å². The maximum absolute atomic E-state index is 11.4. The Morgan fingerprint density at radius 3 is 2.00 bits per heavy atom. The van der Waals surface area contributed by atoms with Gasteiger partial charge < -0.3 is 5.21 Å². The molecule has 112 valence electrons. The van der Waals surface area contributed by atoms with Crippen LogP contribution in [0.3, 0.4) is 0 Å². The molecule has 0 aromatic carbocycles. The van der Waals surface area contributed by atoms with Gasteiger partial charge in [-0.1, -0.05) is 0 Å². The van der Waals surface area contributed by atoms with Crippen LogP contribution in [0.25, 0.3) is 0 Å². The van der Waals surface area contributed by atoms with Crippen molar-refractivity contribution in [2.24, 2.45) is 0 Å². The second-order valence-electron chi connectivity index (χ2n) is 6.24. The van der Waals surface area contributed by atoms with Crippen molar-refractivity contribution >= 4 is 5.78 Å². The van der Waals surface area contributed by atoms with Crippen LogP contribution in [-0.2, 0) is 4.79 Å². The number of nitrogens with one attached hydrogen (secondary N) is 1. The molecule has 1 aliphatic carbocycles. The first-order valence-electron chi connectivity index (χ1n) is 6.55. The van der Waals surface area contributed by atoms with E-state index in [0.29, 0.717) is 0 Å². The van der Waals surface area contributed by atoms with Crippen molar-refractivity contribution in [1.82, 2.24) is 10.5 Å². The predicted molar refractivity (Wildman–Crippen MR) is 77.3 cm³/mol. The highest BCUT2D eigenvalue weighted by molar-refractivity contribution is 6.03. The van der Waals surface area contributed by atoms with Gasteiger partial charge in [-0.3, -0.25) is 15.1 Å². The number of rotatable bonds is 4. The molecule has 0 aromatic heterocycles. The lowest BCUT2D eigenvalue weighted by molar-refractivity contribution is -0.162. The van der Waals surface area contributed by atoms with Crippen LogP contribution in [0.15, 0.2) is 35.1 Å². The summed E-state index contributed by atoms with van der Waals surface area (Å²) >= 11 is 0. The topological polar surface area (TPSA) is 72.8 Å². The number of hydrogen-bond acceptors (Lipinski definition) is 5. The van der Waals surface area contributed by atoms with E-state index in [4.69, 9.17) is 0 Å². The molecule has 5 nitrogen and oxygen atoms in total. The molecular weight excluding hydrogens is 256 g/mol. The van der Waals surface area contributed by atoms with E-state index in [2.05, 4.69) is 5.48 Å². The summed E-state index contributed by atoms with van der Waals surface area (Å²) in [6.07, 6.45) is 4.66. The minimum atomic E-state index is -0.767. The van der Waals surface area contributed by atoms with Gasteiger partial charge in [0.25, 0.3) is 0 Å². The largest absolute Gasteiger partial charge is 0.316 e. The van der Waals surface area contributed by atoms with Crippen LogP contribution < -0.4 is 5.48 Å². The summed E-state index contributed by atoms with van der Waals surface area (Å²) < 4.78 is 0. The number of ketones is 1. The van der Waals surface area contributed by atoms with Gasteiger partial charge in [0.2, 0.25) is 0 Å². The first-order valence-corrected chi connectivity index (χ1v) is 6.55. The zero-order valence-electron chi connectivity index (χ0n) is 13.0. The van der Waals surface area contributed by atoms with Gasteiger partial charge in [0.15, 0.2) is 5.78 Å². The molecule has 1 aliphatic rings. The average molecular weight is 280 g/mol. The Labute approximate surface area is 120 Å². The first-order chi connectivity index (χ1) is 9.02. The SMILES string of the molecule is CC1=CC(=O)C=C(C)C1=CN(O)C(C)(C)C(C)(C)NO. The van der Waals surface area contributed by atoms with Gasteiger partial charge in [-0.25, -0.2) is 0 Å². The van der Waals surface area contributed by atoms with Crippen molar-refractivity contribution in [2.45, 2.75) is 52.6 Å². The molecule has 0 bridgehead atoms. The number of carbonyl (C=O) groups is 1. The molecule has 0 saturated heterocycles. The van der Waals surface area contributed by atoms with E-state index < -0.39 is 11.1 Å². The number of allylic oxidation sites excluding steroid dienone is 5. The van der Waals surface area contributed by atoms with Crippen LogP contribution in [0, 0.1) is 0 Å². The second kappa shape index (κ2) is 5.52. The third kappa shape index (κ3) is 3.00. The number of carbonyl (C=O) groups excluding carboxylic acids is 1. The molecular formula is C15H24N2O3.